The molecule has 2 unspecified atom stereocenters. The highest BCUT2D eigenvalue weighted by Crippen LogP contribution is 2.21. The van der Waals surface area contributed by atoms with Gasteiger partial charge in [0.25, 0.3) is 0 Å². The third kappa shape index (κ3) is 7.63. The van der Waals surface area contributed by atoms with E-state index in [-0.39, 0.29) is 0 Å². The number of hydrogen-bond donors (Lipinski definition) is 0. The van der Waals surface area contributed by atoms with Crippen LogP contribution in [0, 0.1) is 11.8 Å². The molecule has 0 bridgehead atoms. The second kappa shape index (κ2) is 11.0. The molecule has 2 aliphatic carbocycles. The van der Waals surface area contributed by atoms with Gasteiger partial charge in [0.1, 0.15) is 0 Å². The van der Waals surface area contributed by atoms with Gasteiger partial charge in [0.2, 0.25) is 0 Å². The highest BCUT2D eigenvalue weighted by atomic mass is 14.8. The van der Waals surface area contributed by atoms with Gasteiger partial charge < -0.3 is 0 Å². The minimum atomic E-state index is 0.509. The summed E-state index contributed by atoms with van der Waals surface area (Å²) in [6.07, 6.45) is 22.2. The minimum Gasteiger partial charge on any atom is -0.294 e. The maximum atomic E-state index is 4.93. The first-order valence-corrected chi connectivity index (χ1v) is 10.3. The molecule has 0 amide bonds. The average molecular weight is 319 g/mol. The fourth-order valence-corrected chi connectivity index (χ4v) is 3.78. The molecule has 0 aromatic carbocycles. The molecule has 2 saturated carbocycles. The van der Waals surface area contributed by atoms with Crippen LogP contribution in [0.25, 0.3) is 0 Å². The van der Waals surface area contributed by atoms with Crippen molar-refractivity contribution in [2.24, 2.45) is 21.8 Å². The van der Waals surface area contributed by atoms with E-state index in [4.69, 9.17) is 9.98 Å². The van der Waals surface area contributed by atoms with Gasteiger partial charge in [-0.25, -0.2) is 0 Å². The van der Waals surface area contributed by atoms with Gasteiger partial charge >= 0.3 is 0 Å². The summed E-state index contributed by atoms with van der Waals surface area (Å²) >= 11 is 0. The zero-order chi connectivity index (χ0) is 16.3. The van der Waals surface area contributed by atoms with Crippen molar-refractivity contribution in [1.29, 1.82) is 0 Å². The van der Waals surface area contributed by atoms with E-state index in [1.807, 2.05) is 0 Å². The summed E-state index contributed by atoms with van der Waals surface area (Å²) in [4.78, 5) is 9.83. The second-order valence-electron chi connectivity index (χ2n) is 7.96. The fraction of sp³-hybridized carbons (Fsp3) is 0.905. The Hall–Kier alpha value is -0.660. The normalized spacial score (nSPS) is 26.0. The maximum absolute atomic E-state index is 4.93. The lowest BCUT2D eigenvalue weighted by Gasteiger charge is -2.18. The molecule has 0 spiro atoms. The summed E-state index contributed by atoms with van der Waals surface area (Å²) < 4.78 is 0. The lowest BCUT2D eigenvalue weighted by atomic mass is 9.96. The molecule has 2 aliphatic rings. The van der Waals surface area contributed by atoms with E-state index in [1.54, 1.807) is 0 Å². The summed E-state index contributed by atoms with van der Waals surface area (Å²) in [5.41, 5.74) is 0. The average Bonchev–Trinajstić information content (AvgIpc) is 2.80. The molecule has 2 atom stereocenters. The third-order valence-electron chi connectivity index (χ3n) is 5.79. The predicted molar refractivity (Wildman–Crippen MR) is 103 cm³/mol. The molecule has 132 valence electrons. The SMILES string of the molecule is CC(C=NC1CCCCCCC1)C(C)C=NC1CCCCCC1. The van der Waals surface area contributed by atoms with Crippen molar-refractivity contribution < 1.29 is 0 Å². The molecule has 0 aromatic heterocycles. The van der Waals surface area contributed by atoms with Gasteiger partial charge in [-0.1, -0.05) is 71.6 Å². The van der Waals surface area contributed by atoms with Crippen LogP contribution in [0.4, 0.5) is 0 Å². The van der Waals surface area contributed by atoms with Crippen molar-refractivity contribution in [3.05, 3.63) is 0 Å². The zero-order valence-electron chi connectivity index (χ0n) is 15.6. The van der Waals surface area contributed by atoms with Crippen LogP contribution in [0.15, 0.2) is 9.98 Å². The fourth-order valence-electron chi connectivity index (χ4n) is 3.78. The van der Waals surface area contributed by atoms with Gasteiger partial charge in [0.15, 0.2) is 0 Å². The summed E-state index contributed by atoms with van der Waals surface area (Å²) in [5, 5.41) is 0. The largest absolute Gasteiger partial charge is 0.294 e. The Morgan fingerprint density at radius 3 is 1.22 bits per heavy atom. The quantitative estimate of drug-likeness (QED) is 0.423. The molecular formula is C21H38N2. The molecule has 2 nitrogen and oxygen atoms in total. The Kier molecular flexibility index (Phi) is 8.93. The zero-order valence-corrected chi connectivity index (χ0v) is 15.6. The molecule has 0 N–H and O–H groups in total. The van der Waals surface area contributed by atoms with Crippen LogP contribution in [-0.4, -0.2) is 24.5 Å². The van der Waals surface area contributed by atoms with Crippen molar-refractivity contribution >= 4 is 12.4 Å². The molecule has 2 rings (SSSR count). The Bertz CT molecular complexity index is 345. The molecule has 0 radical (unpaired) electrons. The first kappa shape index (κ1) is 18.7. The topological polar surface area (TPSA) is 24.7 Å². The maximum Gasteiger partial charge on any atom is 0.0495 e. The highest BCUT2D eigenvalue weighted by Gasteiger charge is 2.13. The Balaban J connectivity index is 1.76. The summed E-state index contributed by atoms with van der Waals surface area (Å²) in [6.45, 7) is 4.60. The Morgan fingerprint density at radius 2 is 0.870 bits per heavy atom. The van der Waals surface area contributed by atoms with E-state index in [9.17, 15) is 0 Å². The summed E-state index contributed by atoms with van der Waals surface area (Å²) in [6, 6.07) is 1.18. The van der Waals surface area contributed by atoms with Crippen LogP contribution < -0.4 is 0 Å². The minimum absolute atomic E-state index is 0.509. The van der Waals surface area contributed by atoms with E-state index < -0.39 is 0 Å². The lowest BCUT2D eigenvalue weighted by molar-refractivity contribution is 0.454. The first-order valence-electron chi connectivity index (χ1n) is 10.3. The van der Waals surface area contributed by atoms with Crippen LogP contribution in [0.5, 0.6) is 0 Å². The first-order chi connectivity index (χ1) is 11.3. The number of hydrogen-bond acceptors (Lipinski definition) is 2. The molecule has 0 heterocycles. The molecule has 2 heteroatoms. The van der Waals surface area contributed by atoms with Gasteiger partial charge in [-0.3, -0.25) is 9.98 Å². The van der Waals surface area contributed by atoms with Crippen molar-refractivity contribution in [3.63, 3.8) is 0 Å². The van der Waals surface area contributed by atoms with E-state index in [2.05, 4.69) is 26.3 Å². The lowest BCUT2D eigenvalue weighted by Crippen LogP contribution is -2.15. The summed E-state index contributed by atoms with van der Waals surface area (Å²) in [5.74, 6) is 1.02. The number of aliphatic imine (C=N–C) groups is 2. The van der Waals surface area contributed by atoms with Gasteiger partial charge in [-0.15, -0.1) is 0 Å². The Morgan fingerprint density at radius 1 is 0.565 bits per heavy atom. The van der Waals surface area contributed by atoms with Crippen LogP contribution in [0.3, 0.4) is 0 Å². The van der Waals surface area contributed by atoms with Crippen LogP contribution in [0.2, 0.25) is 0 Å². The highest BCUT2D eigenvalue weighted by molar-refractivity contribution is 5.70. The standard InChI is InChI=1S/C21H38N2/c1-18(16-22-20-12-8-4-3-5-9-13-20)19(2)17-23-21-14-10-6-7-11-15-21/h16-21H,3-15H2,1-2H3. The molecule has 2 fully saturated rings. The van der Waals surface area contributed by atoms with E-state index >= 15 is 0 Å². The van der Waals surface area contributed by atoms with Crippen LogP contribution in [0.1, 0.15) is 97.3 Å². The van der Waals surface area contributed by atoms with E-state index in [1.165, 1.54) is 83.5 Å². The predicted octanol–water partition coefficient (Wildman–Crippen LogP) is 6.24. The van der Waals surface area contributed by atoms with Gasteiger partial charge in [0.05, 0.1) is 0 Å². The smallest absolute Gasteiger partial charge is 0.0495 e. The molecular weight excluding hydrogens is 280 g/mol. The molecule has 0 aliphatic heterocycles. The van der Waals surface area contributed by atoms with E-state index in [0.29, 0.717) is 23.9 Å². The van der Waals surface area contributed by atoms with E-state index in [0.717, 1.165) is 0 Å². The Labute approximate surface area is 144 Å². The van der Waals surface area contributed by atoms with Crippen molar-refractivity contribution in [1.82, 2.24) is 0 Å². The molecule has 0 saturated heterocycles. The molecule has 23 heavy (non-hydrogen) atoms. The van der Waals surface area contributed by atoms with Gasteiger partial charge in [0, 0.05) is 24.5 Å². The van der Waals surface area contributed by atoms with Crippen LogP contribution in [-0.2, 0) is 0 Å². The number of nitrogens with zero attached hydrogens (tertiary/aromatic N) is 2. The van der Waals surface area contributed by atoms with Crippen LogP contribution >= 0.6 is 0 Å². The van der Waals surface area contributed by atoms with Gasteiger partial charge in [-0.05, 0) is 37.5 Å². The number of rotatable bonds is 5. The second-order valence-corrected chi connectivity index (χ2v) is 7.96. The van der Waals surface area contributed by atoms with Crippen molar-refractivity contribution in [2.45, 2.75) is 109 Å². The monoisotopic (exact) mass is 318 g/mol. The third-order valence-corrected chi connectivity index (χ3v) is 5.79. The van der Waals surface area contributed by atoms with Crippen molar-refractivity contribution in [2.75, 3.05) is 0 Å². The van der Waals surface area contributed by atoms with Gasteiger partial charge in [-0.2, -0.15) is 0 Å². The molecule has 0 aromatic rings. The summed E-state index contributed by atoms with van der Waals surface area (Å²) in [7, 11) is 0. The van der Waals surface area contributed by atoms with Crippen molar-refractivity contribution in [3.8, 4) is 0 Å².